The molecule has 2 heterocycles. The third-order valence-corrected chi connectivity index (χ3v) is 7.87. The zero-order valence-corrected chi connectivity index (χ0v) is 20.0. The van der Waals surface area contributed by atoms with Crippen LogP contribution in [0.4, 0.5) is 11.4 Å². The lowest BCUT2D eigenvalue weighted by molar-refractivity contribution is -0.116. The number of carbonyl (C=O) groups is 2. The molecule has 1 aliphatic heterocycles. The molecule has 0 unspecified atom stereocenters. The molecule has 0 bridgehead atoms. The molecule has 3 aromatic rings. The van der Waals surface area contributed by atoms with Crippen molar-refractivity contribution < 1.29 is 18.0 Å². The summed E-state index contributed by atoms with van der Waals surface area (Å²) in [7, 11) is -3.54. The molecule has 0 spiro atoms. The van der Waals surface area contributed by atoms with Gasteiger partial charge in [-0.2, -0.15) is 0 Å². The Morgan fingerprint density at radius 3 is 2.69 bits per heavy atom. The third kappa shape index (κ3) is 5.56. The summed E-state index contributed by atoms with van der Waals surface area (Å²) in [5.41, 5.74) is 2.07. The maximum absolute atomic E-state index is 12.7. The Morgan fingerprint density at radius 1 is 1.09 bits per heavy atom. The predicted octanol–water partition coefficient (Wildman–Crippen LogP) is 3.79. The van der Waals surface area contributed by atoms with Gasteiger partial charge in [0.1, 0.15) is 6.04 Å². The molecule has 1 aromatic heterocycles. The van der Waals surface area contributed by atoms with Crippen molar-refractivity contribution >= 4 is 60.3 Å². The fraction of sp³-hybridized carbons (Fsp3) is 0.182. The highest BCUT2D eigenvalue weighted by Gasteiger charge is 2.30. The Hall–Kier alpha value is -2.69. The van der Waals surface area contributed by atoms with E-state index < -0.39 is 21.8 Å². The Kier molecular flexibility index (Phi) is 6.63. The van der Waals surface area contributed by atoms with E-state index in [0.29, 0.717) is 29.0 Å². The van der Waals surface area contributed by atoms with Crippen molar-refractivity contribution in [1.82, 2.24) is 5.32 Å². The van der Waals surface area contributed by atoms with Crippen LogP contribution in [0.3, 0.4) is 0 Å². The molecule has 32 heavy (non-hydrogen) atoms. The third-order valence-electron chi connectivity index (χ3n) is 4.89. The Bertz CT molecular complexity index is 1260. The standard InChI is InChI=1S/C22H20BrN3O4S2/c23-16-4-1-3-14(9-16)12-32(29,30)13-20-22(28)26-19-10-15(6-7-18(19)25-20)21(27)24-11-17-5-2-8-31-17/h1-10,20,25H,11-13H2,(H,24,27)(H,26,28)/t20-/m0/s1. The quantitative estimate of drug-likeness (QED) is 0.428. The lowest BCUT2D eigenvalue weighted by Crippen LogP contribution is -2.43. The second-order valence-corrected chi connectivity index (χ2v) is 11.5. The number of sulfone groups is 1. The van der Waals surface area contributed by atoms with Gasteiger partial charge in [-0.05, 0) is 47.3 Å². The van der Waals surface area contributed by atoms with Crippen molar-refractivity contribution in [3.05, 3.63) is 80.5 Å². The van der Waals surface area contributed by atoms with E-state index in [1.165, 1.54) is 0 Å². The van der Waals surface area contributed by atoms with Crippen LogP contribution in [0.1, 0.15) is 20.8 Å². The number of benzene rings is 2. The maximum atomic E-state index is 12.7. The molecule has 0 fully saturated rings. The van der Waals surface area contributed by atoms with Crippen LogP contribution >= 0.6 is 27.3 Å². The molecule has 2 amide bonds. The molecule has 4 rings (SSSR count). The minimum atomic E-state index is -3.54. The van der Waals surface area contributed by atoms with Gasteiger partial charge in [0, 0.05) is 14.9 Å². The predicted molar refractivity (Wildman–Crippen MR) is 130 cm³/mol. The summed E-state index contributed by atoms with van der Waals surface area (Å²) >= 11 is 4.89. The number of amides is 2. The molecule has 166 valence electrons. The summed E-state index contributed by atoms with van der Waals surface area (Å²) in [6, 6.07) is 14.9. The van der Waals surface area contributed by atoms with Crippen molar-refractivity contribution in [3.63, 3.8) is 0 Å². The van der Waals surface area contributed by atoms with Crippen LogP contribution in [0.2, 0.25) is 0 Å². The fourth-order valence-electron chi connectivity index (χ4n) is 3.38. The summed E-state index contributed by atoms with van der Waals surface area (Å²) in [5, 5.41) is 10.5. The highest BCUT2D eigenvalue weighted by molar-refractivity contribution is 9.10. The Morgan fingerprint density at radius 2 is 1.94 bits per heavy atom. The van der Waals surface area contributed by atoms with Crippen LogP contribution in [0.15, 0.2) is 64.5 Å². The molecule has 2 aromatic carbocycles. The fourth-order valence-corrected chi connectivity index (χ4v) is 6.02. The van der Waals surface area contributed by atoms with E-state index in [-0.39, 0.29) is 17.4 Å². The largest absolute Gasteiger partial charge is 0.371 e. The van der Waals surface area contributed by atoms with Gasteiger partial charge in [0.25, 0.3) is 5.91 Å². The highest BCUT2D eigenvalue weighted by atomic mass is 79.9. The number of carbonyl (C=O) groups excluding carboxylic acids is 2. The van der Waals surface area contributed by atoms with Gasteiger partial charge in [0.05, 0.1) is 29.4 Å². The smallest absolute Gasteiger partial charge is 0.251 e. The van der Waals surface area contributed by atoms with Gasteiger partial charge >= 0.3 is 0 Å². The van der Waals surface area contributed by atoms with E-state index in [9.17, 15) is 18.0 Å². The van der Waals surface area contributed by atoms with Crippen LogP contribution in [0, 0.1) is 0 Å². The van der Waals surface area contributed by atoms with E-state index in [0.717, 1.165) is 9.35 Å². The van der Waals surface area contributed by atoms with Gasteiger partial charge in [-0.25, -0.2) is 8.42 Å². The van der Waals surface area contributed by atoms with E-state index in [2.05, 4.69) is 31.9 Å². The molecule has 1 aliphatic rings. The second kappa shape index (κ2) is 9.43. The molecular weight excluding hydrogens is 514 g/mol. The molecule has 0 saturated heterocycles. The molecule has 0 saturated carbocycles. The van der Waals surface area contributed by atoms with Crippen molar-refractivity contribution in [3.8, 4) is 0 Å². The van der Waals surface area contributed by atoms with Gasteiger partial charge in [-0.1, -0.05) is 34.1 Å². The van der Waals surface area contributed by atoms with Crippen molar-refractivity contribution in [2.45, 2.75) is 18.3 Å². The molecule has 0 aliphatic carbocycles. The first-order valence-corrected chi connectivity index (χ1v) is 13.3. The van der Waals surface area contributed by atoms with Gasteiger partial charge < -0.3 is 16.0 Å². The topological polar surface area (TPSA) is 104 Å². The number of thiophene rings is 1. The van der Waals surface area contributed by atoms with Crippen molar-refractivity contribution in [2.24, 2.45) is 0 Å². The van der Waals surface area contributed by atoms with Crippen molar-refractivity contribution in [1.29, 1.82) is 0 Å². The summed E-state index contributed by atoms with van der Waals surface area (Å²) in [6.07, 6.45) is 0. The van der Waals surface area contributed by atoms with Crippen LogP contribution in [0.25, 0.3) is 0 Å². The summed E-state index contributed by atoms with van der Waals surface area (Å²) in [4.78, 5) is 26.0. The zero-order valence-electron chi connectivity index (χ0n) is 16.8. The number of hydrogen-bond donors (Lipinski definition) is 3. The number of hydrogen-bond acceptors (Lipinski definition) is 6. The average molecular weight is 534 g/mol. The van der Waals surface area contributed by atoms with Gasteiger partial charge in [0.15, 0.2) is 9.84 Å². The normalized spacial score (nSPS) is 15.4. The first-order valence-electron chi connectivity index (χ1n) is 9.76. The molecule has 3 N–H and O–H groups in total. The van der Waals surface area contributed by atoms with E-state index in [4.69, 9.17) is 0 Å². The van der Waals surface area contributed by atoms with Crippen LogP contribution in [0.5, 0.6) is 0 Å². The minimum absolute atomic E-state index is 0.159. The lowest BCUT2D eigenvalue weighted by Gasteiger charge is -2.27. The zero-order chi connectivity index (χ0) is 22.7. The monoisotopic (exact) mass is 533 g/mol. The van der Waals surface area contributed by atoms with Crippen LogP contribution in [-0.2, 0) is 26.9 Å². The molecule has 7 nitrogen and oxygen atoms in total. The first-order chi connectivity index (χ1) is 15.3. The molecule has 1 atom stereocenters. The lowest BCUT2D eigenvalue weighted by atomic mass is 10.1. The summed E-state index contributed by atoms with van der Waals surface area (Å²) in [5.74, 6) is -1.21. The summed E-state index contributed by atoms with van der Waals surface area (Å²) in [6.45, 7) is 0.427. The average Bonchev–Trinajstić information content (AvgIpc) is 3.25. The Balaban J connectivity index is 1.42. The number of fused-ring (bicyclic) bond motifs is 1. The van der Waals surface area contributed by atoms with E-state index in [1.807, 2.05) is 23.6 Å². The van der Waals surface area contributed by atoms with Crippen LogP contribution in [-0.4, -0.2) is 32.0 Å². The highest BCUT2D eigenvalue weighted by Crippen LogP contribution is 2.28. The Labute approximate surface area is 198 Å². The van der Waals surface area contributed by atoms with Crippen LogP contribution < -0.4 is 16.0 Å². The first kappa shape index (κ1) is 22.5. The van der Waals surface area contributed by atoms with E-state index >= 15 is 0 Å². The minimum Gasteiger partial charge on any atom is -0.371 e. The number of nitrogens with one attached hydrogen (secondary N) is 3. The van der Waals surface area contributed by atoms with Gasteiger partial charge in [-0.15, -0.1) is 11.3 Å². The van der Waals surface area contributed by atoms with Gasteiger partial charge in [0.2, 0.25) is 5.91 Å². The molecule has 0 radical (unpaired) electrons. The SMILES string of the molecule is O=C(NCc1cccs1)c1ccc2c(c1)NC(=O)[C@H](CS(=O)(=O)Cc1cccc(Br)c1)N2. The van der Waals surface area contributed by atoms with Crippen molar-refractivity contribution in [2.75, 3.05) is 16.4 Å². The number of anilines is 2. The molecule has 10 heteroatoms. The second-order valence-electron chi connectivity index (χ2n) is 7.39. The number of rotatable bonds is 7. The molecular formula is C22H20BrN3O4S2. The summed E-state index contributed by atoms with van der Waals surface area (Å²) < 4.78 is 26.1. The van der Waals surface area contributed by atoms with E-state index in [1.54, 1.807) is 47.7 Å². The van der Waals surface area contributed by atoms with Gasteiger partial charge in [-0.3, -0.25) is 9.59 Å². The number of halogens is 1. The maximum Gasteiger partial charge on any atom is 0.251 e.